The fourth-order valence-corrected chi connectivity index (χ4v) is 1.91. The topological polar surface area (TPSA) is 50.7 Å². The number of nitrogens with zero attached hydrogens (tertiary/aromatic N) is 1. The number of ether oxygens (including phenoxy) is 1. The summed E-state index contributed by atoms with van der Waals surface area (Å²) in [6.45, 7) is 0. The Morgan fingerprint density at radius 1 is 1.38 bits per heavy atom. The predicted octanol–water partition coefficient (Wildman–Crippen LogP) is 1.49. The largest absolute Gasteiger partial charge is 0.461 e. The number of benzene rings is 1. The molecule has 0 fully saturated rings. The van der Waals surface area contributed by atoms with E-state index in [0.717, 1.165) is 0 Å². The van der Waals surface area contributed by atoms with Crippen LogP contribution in [0.25, 0.3) is 0 Å². The molecule has 4 heteroatoms. The summed E-state index contributed by atoms with van der Waals surface area (Å²) in [4.78, 5) is 16.2. The normalized spacial score (nSPS) is 26.1. The van der Waals surface area contributed by atoms with Crippen molar-refractivity contribution in [1.82, 2.24) is 5.32 Å². The molecule has 4 nitrogen and oxygen atoms in total. The zero-order valence-corrected chi connectivity index (χ0v) is 8.51. The number of hydrogen-bond acceptors (Lipinski definition) is 4. The number of ketones is 1. The van der Waals surface area contributed by atoms with Crippen LogP contribution in [0.5, 0.6) is 5.75 Å². The zero-order chi connectivity index (χ0) is 11.0. The number of carbonyl (C=O) groups is 1. The third-order valence-corrected chi connectivity index (χ3v) is 2.69. The molecule has 1 aromatic rings. The van der Waals surface area contributed by atoms with Gasteiger partial charge in [-0.15, -0.1) is 0 Å². The molecule has 2 aliphatic rings. The van der Waals surface area contributed by atoms with E-state index in [2.05, 4.69) is 10.3 Å². The number of carbonyl (C=O) groups excluding carboxylic acids is 1. The Balaban J connectivity index is 2.06. The van der Waals surface area contributed by atoms with E-state index in [-0.39, 0.29) is 12.2 Å². The molecule has 2 aliphatic heterocycles. The lowest BCUT2D eigenvalue weighted by molar-refractivity contribution is 0.0692. The van der Waals surface area contributed by atoms with Crippen molar-refractivity contribution < 1.29 is 9.53 Å². The van der Waals surface area contributed by atoms with Crippen LogP contribution in [0.15, 0.2) is 41.5 Å². The number of hydrogen-bond donors (Lipinski definition) is 1. The molecular formula is C12H10N2O2. The van der Waals surface area contributed by atoms with Gasteiger partial charge < -0.3 is 10.1 Å². The summed E-state index contributed by atoms with van der Waals surface area (Å²) in [7, 11) is 0. The number of Topliss-reactive ketones (excluding diaryl/α,β-unsaturated/α-hetero) is 1. The molecule has 16 heavy (non-hydrogen) atoms. The van der Waals surface area contributed by atoms with Crippen LogP contribution < -0.4 is 10.1 Å². The van der Waals surface area contributed by atoms with Crippen molar-refractivity contribution in [2.75, 3.05) is 0 Å². The first-order valence-corrected chi connectivity index (χ1v) is 5.08. The average Bonchev–Trinajstić information content (AvgIpc) is 2.30. The molecule has 0 saturated carbocycles. The maximum absolute atomic E-state index is 12.0. The van der Waals surface area contributed by atoms with E-state index in [1.165, 1.54) is 0 Å². The maximum atomic E-state index is 12.0. The molecule has 0 aliphatic carbocycles. The summed E-state index contributed by atoms with van der Waals surface area (Å²) < 4.78 is 5.79. The lowest BCUT2D eigenvalue weighted by Crippen LogP contribution is -2.41. The van der Waals surface area contributed by atoms with E-state index in [1.54, 1.807) is 30.7 Å². The SMILES string of the molecule is O=C1CC2(C=CNC=N2)Oc2ccccc21. The molecule has 0 bridgehead atoms. The molecule has 1 aromatic carbocycles. The second kappa shape index (κ2) is 3.20. The molecule has 2 heterocycles. The van der Waals surface area contributed by atoms with Crippen LogP contribution >= 0.6 is 0 Å². The molecule has 1 N–H and O–H groups in total. The first-order chi connectivity index (χ1) is 7.79. The van der Waals surface area contributed by atoms with Crippen LogP contribution in [0.1, 0.15) is 16.8 Å². The molecule has 1 spiro atoms. The summed E-state index contributed by atoms with van der Waals surface area (Å²) in [5.74, 6) is 0.660. The fourth-order valence-electron chi connectivity index (χ4n) is 1.91. The van der Waals surface area contributed by atoms with Gasteiger partial charge in [0.15, 0.2) is 5.78 Å². The van der Waals surface area contributed by atoms with Gasteiger partial charge in [0.05, 0.1) is 18.3 Å². The van der Waals surface area contributed by atoms with Gasteiger partial charge in [0.1, 0.15) is 5.75 Å². The van der Waals surface area contributed by atoms with Crippen molar-refractivity contribution in [3.8, 4) is 5.75 Å². The second-order valence-electron chi connectivity index (χ2n) is 3.80. The highest BCUT2D eigenvalue weighted by Crippen LogP contribution is 2.35. The van der Waals surface area contributed by atoms with Crippen molar-refractivity contribution in [2.24, 2.45) is 4.99 Å². The van der Waals surface area contributed by atoms with E-state index >= 15 is 0 Å². The second-order valence-corrected chi connectivity index (χ2v) is 3.80. The summed E-state index contributed by atoms with van der Waals surface area (Å²) in [5, 5.41) is 2.83. The van der Waals surface area contributed by atoms with E-state index in [4.69, 9.17) is 4.74 Å². The van der Waals surface area contributed by atoms with Crippen molar-refractivity contribution >= 4 is 12.1 Å². The molecule has 3 rings (SSSR count). The lowest BCUT2D eigenvalue weighted by atomic mass is 9.96. The highest BCUT2D eigenvalue weighted by molar-refractivity contribution is 6.00. The molecule has 0 saturated heterocycles. The van der Waals surface area contributed by atoms with Crippen LogP contribution in [-0.2, 0) is 0 Å². The molecule has 0 radical (unpaired) electrons. The van der Waals surface area contributed by atoms with Gasteiger partial charge in [-0.1, -0.05) is 12.1 Å². The smallest absolute Gasteiger partial charge is 0.229 e. The summed E-state index contributed by atoms with van der Waals surface area (Å²) in [5.41, 5.74) is -0.216. The molecule has 0 aromatic heterocycles. The van der Waals surface area contributed by atoms with Gasteiger partial charge in [-0.25, -0.2) is 4.99 Å². The Morgan fingerprint density at radius 3 is 3.06 bits per heavy atom. The van der Waals surface area contributed by atoms with Gasteiger partial charge in [0, 0.05) is 6.20 Å². The van der Waals surface area contributed by atoms with Gasteiger partial charge in [0.2, 0.25) is 5.72 Å². The van der Waals surface area contributed by atoms with E-state index < -0.39 is 5.72 Å². The Hall–Kier alpha value is -2.10. The Kier molecular flexibility index (Phi) is 1.83. The lowest BCUT2D eigenvalue weighted by Gasteiger charge is -2.33. The third-order valence-electron chi connectivity index (χ3n) is 2.69. The average molecular weight is 214 g/mol. The van der Waals surface area contributed by atoms with Gasteiger partial charge in [-0.3, -0.25) is 4.79 Å². The number of aliphatic imine (C=N–C) groups is 1. The van der Waals surface area contributed by atoms with Gasteiger partial charge >= 0.3 is 0 Å². The molecule has 1 unspecified atom stereocenters. The monoisotopic (exact) mass is 214 g/mol. The fraction of sp³-hybridized carbons (Fsp3) is 0.167. The third kappa shape index (κ3) is 1.31. The molecule has 0 amide bonds. The van der Waals surface area contributed by atoms with Crippen LogP contribution in [-0.4, -0.2) is 17.8 Å². The first-order valence-electron chi connectivity index (χ1n) is 5.08. The van der Waals surface area contributed by atoms with Crippen LogP contribution in [0.3, 0.4) is 0 Å². The Bertz CT molecular complexity index is 493. The quantitative estimate of drug-likeness (QED) is 0.711. The number of para-hydroxylation sites is 1. The van der Waals surface area contributed by atoms with Crippen molar-refractivity contribution in [2.45, 2.75) is 12.1 Å². The van der Waals surface area contributed by atoms with Crippen molar-refractivity contribution in [3.63, 3.8) is 0 Å². The first kappa shape index (κ1) is 9.15. The van der Waals surface area contributed by atoms with Gasteiger partial charge in [-0.05, 0) is 18.2 Å². The molecule has 80 valence electrons. The molecule has 1 atom stereocenters. The highest BCUT2D eigenvalue weighted by atomic mass is 16.5. The van der Waals surface area contributed by atoms with Crippen LogP contribution in [0.2, 0.25) is 0 Å². The van der Waals surface area contributed by atoms with Crippen molar-refractivity contribution in [3.05, 3.63) is 42.1 Å². The van der Waals surface area contributed by atoms with Gasteiger partial charge in [0.25, 0.3) is 0 Å². The standard InChI is InChI=1S/C12H10N2O2/c15-10-7-12(5-6-13-8-14-12)16-11-4-2-1-3-9(10)11/h1-6,8H,7H2,(H,13,14). The predicted molar refractivity (Wildman–Crippen MR) is 59.5 cm³/mol. The number of rotatable bonds is 0. The van der Waals surface area contributed by atoms with Crippen LogP contribution in [0, 0.1) is 0 Å². The Labute approximate surface area is 92.6 Å². The summed E-state index contributed by atoms with van der Waals surface area (Å²) in [6.07, 6.45) is 5.29. The number of nitrogens with one attached hydrogen (secondary N) is 1. The Morgan fingerprint density at radius 2 is 2.25 bits per heavy atom. The number of fused-ring (bicyclic) bond motifs is 1. The molecular weight excluding hydrogens is 204 g/mol. The minimum atomic E-state index is -0.851. The minimum Gasteiger partial charge on any atom is -0.461 e. The zero-order valence-electron chi connectivity index (χ0n) is 8.51. The maximum Gasteiger partial charge on any atom is 0.229 e. The van der Waals surface area contributed by atoms with E-state index in [1.807, 2.05) is 12.1 Å². The van der Waals surface area contributed by atoms with E-state index in [0.29, 0.717) is 11.3 Å². The van der Waals surface area contributed by atoms with Crippen LogP contribution in [0.4, 0.5) is 0 Å². The van der Waals surface area contributed by atoms with Gasteiger partial charge in [-0.2, -0.15) is 0 Å². The summed E-state index contributed by atoms with van der Waals surface area (Å²) >= 11 is 0. The summed E-state index contributed by atoms with van der Waals surface area (Å²) in [6, 6.07) is 7.25. The minimum absolute atomic E-state index is 0.0607. The van der Waals surface area contributed by atoms with E-state index in [9.17, 15) is 4.79 Å². The van der Waals surface area contributed by atoms with Crippen molar-refractivity contribution in [1.29, 1.82) is 0 Å². The highest BCUT2D eigenvalue weighted by Gasteiger charge is 2.38.